The molecule has 0 aliphatic heterocycles. The zero-order chi connectivity index (χ0) is 13.0. The Morgan fingerprint density at radius 1 is 1.53 bits per heavy atom. The van der Waals surface area contributed by atoms with Crippen molar-refractivity contribution >= 4 is 40.7 Å². The summed E-state index contributed by atoms with van der Waals surface area (Å²) < 4.78 is 0. The molecule has 4 nitrogen and oxygen atoms in total. The molecule has 0 heterocycles. The van der Waals surface area contributed by atoms with Crippen molar-refractivity contribution in [3.63, 3.8) is 0 Å². The third kappa shape index (κ3) is 3.54. The lowest BCUT2D eigenvalue weighted by molar-refractivity contribution is -0.385. The van der Waals surface area contributed by atoms with E-state index in [1.54, 1.807) is 0 Å². The minimum Gasteiger partial charge on any atom is -0.295 e. The molecule has 90 valence electrons. The van der Waals surface area contributed by atoms with E-state index in [1.807, 2.05) is 0 Å². The van der Waals surface area contributed by atoms with Crippen molar-refractivity contribution in [3.05, 3.63) is 44.5 Å². The van der Waals surface area contributed by atoms with Crippen LogP contribution in [0.2, 0.25) is 5.02 Å². The smallest absolute Gasteiger partial charge is 0.276 e. The van der Waals surface area contributed by atoms with E-state index < -0.39 is 4.92 Å². The number of alkyl halides is 1. The summed E-state index contributed by atoms with van der Waals surface area (Å²) in [6, 6.07) is 4.14. The van der Waals surface area contributed by atoms with E-state index in [-0.39, 0.29) is 22.9 Å². The van der Waals surface area contributed by atoms with Crippen molar-refractivity contribution in [1.82, 2.24) is 0 Å². The maximum Gasteiger partial charge on any atom is 0.276 e. The Labute approximate surface area is 108 Å². The Morgan fingerprint density at radius 2 is 2.18 bits per heavy atom. The van der Waals surface area contributed by atoms with E-state index in [9.17, 15) is 14.9 Å². The van der Waals surface area contributed by atoms with Crippen molar-refractivity contribution in [1.29, 1.82) is 0 Å². The molecule has 0 radical (unpaired) electrons. The molecule has 0 unspecified atom stereocenters. The number of nitrogens with zero attached hydrogens (tertiary/aromatic N) is 1. The summed E-state index contributed by atoms with van der Waals surface area (Å²) in [5.74, 6) is -0.229. The van der Waals surface area contributed by atoms with Crippen LogP contribution in [0.25, 0.3) is 6.08 Å². The summed E-state index contributed by atoms with van der Waals surface area (Å²) in [4.78, 5) is 21.4. The van der Waals surface area contributed by atoms with Crippen LogP contribution in [0.5, 0.6) is 0 Å². The number of carbonyl (C=O) groups excluding carboxylic acids is 1. The maximum absolute atomic E-state index is 11.2. The van der Waals surface area contributed by atoms with Crippen molar-refractivity contribution in [3.8, 4) is 0 Å². The summed E-state index contributed by atoms with van der Waals surface area (Å²) in [6.45, 7) is 1.35. The second-order valence-electron chi connectivity index (χ2n) is 3.32. The van der Waals surface area contributed by atoms with Gasteiger partial charge in [-0.15, -0.1) is 11.6 Å². The molecule has 0 bridgehead atoms. The standard InChI is InChI=1S/C11H9Cl2NO3/c1-7(15)9(6-12)4-8-5-10(13)2-3-11(8)14(16)17/h2-5H,6H2,1H3/b9-4-. The van der Waals surface area contributed by atoms with Crippen LogP contribution in [0.3, 0.4) is 0 Å². The molecule has 0 saturated carbocycles. The lowest BCUT2D eigenvalue weighted by Crippen LogP contribution is -1.99. The SMILES string of the molecule is CC(=O)/C(=C\c1cc(Cl)ccc1[N+](=O)[O-])CCl. The van der Waals surface area contributed by atoms with Crippen LogP contribution in [0.15, 0.2) is 23.8 Å². The molecule has 6 heteroatoms. The average molecular weight is 274 g/mol. The van der Waals surface area contributed by atoms with E-state index in [0.29, 0.717) is 10.6 Å². The van der Waals surface area contributed by atoms with Crippen LogP contribution >= 0.6 is 23.2 Å². The molecule has 17 heavy (non-hydrogen) atoms. The highest BCUT2D eigenvalue weighted by atomic mass is 35.5. The Bertz CT molecular complexity index is 497. The summed E-state index contributed by atoms with van der Waals surface area (Å²) >= 11 is 11.4. The number of hydrogen-bond acceptors (Lipinski definition) is 3. The van der Waals surface area contributed by atoms with Crippen molar-refractivity contribution in [2.45, 2.75) is 6.92 Å². The number of halogens is 2. The van der Waals surface area contributed by atoms with E-state index in [4.69, 9.17) is 23.2 Å². The van der Waals surface area contributed by atoms with Crippen LogP contribution in [0.4, 0.5) is 5.69 Å². The number of nitro groups is 1. The summed E-state index contributed by atoms with van der Waals surface area (Å²) in [7, 11) is 0. The highest BCUT2D eigenvalue weighted by molar-refractivity contribution is 6.30. The van der Waals surface area contributed by atoms with Crippen molar-refractivity contribution in [2.75, 3.05) is 5.88 Å². The first-order chi connectivity index (χ1) is 7.95. The number of ketones is 1. The molecule has 1 aromatic rings. The first kappa shape index (κ1) is 13.7. The first-order valence-electron chi connectivity index (χ1n) is 4.67. The van der Waals surface area contributed by atoms with Gasteiger partial charge in [-0.2, -0.15) is 0 Å². The molecule has 0 N–H and O–H groups in total. The molecular weight excluding hydrogens is 265 g/mol. The van der Waals surface area contributed by atoms with E-state index >= 15 is 0 Å². The topological polar surface area (TPSA) is 60.2 Å². The fraction of sp³-hybridized carbons (Fsp3) is 0.182. The molecule has 0 spiro atoms. The van der Waals surface area contributed by atoms with Crippen LogP contribution in [-0.2, 0) is 4.79 Å². The summed E-state index contributed by atoms with van der Waals surface area (Å²) in [5, 5.41) is 11.1. The second kappa shape index (κ2) is 5.80. The lowest BCUT2D eigenvalue weighted by atomic mass is 10.1. The molecule has 1 rings (SSSR count). The predicted octanol–water partition coefficient (Wildman–Crippen LogP) is 3.46. The lowest BCUT2D eigenvalue weighted by Gasteiger charge is -2.01. The highest BCUT2D eigenvalue weighted by Crippen LogP contribution is 2.25. The van der Waals surface area contributed by atoms with E-state index in [0.717, 1.165) is 0 Å². The molecule has 0 saturated heterocycles. The van der Waals surface area contributed by atoms with Crippen LogP contribution in [0.1, 0.15) is 12.5 Å². The average Bonchev–Trinajstić information content (AvgIpc) is 2.25. The van der Waals surface area contributed by atoms with Gasteiger partial charge in [0.15, 0.2) is 5.78 Å². The molecule has 0 aliphatic rings. The van der Waals surface area contributed by atoms with Gasteiger partial charge in [0.05, 0.1) is 16.4 Å². The molecule has 0 atom stereocenters. The minimum atomic E-state index is -0.534. The van der Waals surface area contributed by atoms with Gasteiger partial charge in [0.25, 0.3) is 5.69 Å². The molecule has 1 aromatic carbocycles. The summed E-state index contributed by atoms with van der Waals surface area (Å²) in [6.07, 6.45) is 1.39. The van der Waals surface area contributed by atoms with Gasteiger partial charge < -0.3 is 0 Å². The van der Waals surface area contributed by atoms with E-state index in [1.165, 1.54) is 31.2 Å². The van der Waals surface area contributed by atoms with Crippen LogP contribution in [0, 0.1) is 10.1 Å². The number of Topliss-reactive ketones (excluding diaryl/α,β-unsaturated/α-hetero) is 1. The third-order valence-corrected chi connectivity index (χ3v) is 2.64. The Kier molecular flexibility index (Phi) is 4.66. The molecule has 0 aromatic heterocycles. The van der Waals surface area contributed by atoms with Gasteiger partial charge in [0, 0.05) is 16.7 Å². The van der Waals surface area contributed by atoms with Gasteiger partial charge in [0.2, 0.25) is 0 Å². The number of nitro benzene ring substituents is 1. The predicted molar refractivity (Wildman–Crippen MR) is 67.5 cm³/mol. The molecular formula is C11H9Cl2NO3. The van der Waals surface area contributed by atoms with Gasteiger partial charge >= 0.3 is 0 Å². The third-order valence-electron chi connectivity index (χ3n) is 2.11. The quantitative estimate of drug-likeness (QED) is 0.365. The fourth-order valence-corrected chi connectivity index (χ4v) is 1.68. The van der Waals surface area contributed by atoms with Crippen molar-refractivity contribution < 1.29 is 9.72 Å². The van der Waals surface area contributed by atoms with Crippen molar-refractivity contribution in [2.24, 2.45) is 0 Å². The number of benzene rings is 1. The monoisotopic (exact) mass is 273 g/mol. The zero-order valence-corrected chi connectivity index (χ0v) is 10.5. The number of carbonyl (C=O) groups is 1. The van der Waals surface area contributed by atoms with Gasteiger partial charge in [-0.1, -0.05) is 11.6 Å². The van der Waals surface area contributed by atoms with Gasteiger partial charge in [-0.3, -0.25) is 14.9 Å². The normalized spacial score (nSPS) is 11.4. The van der Waals surface area contributed by atoms with Crippen LogP contribution in [-0.4, -0.2) is 16.6 Å². The van der Waals surface area contributed by atoms with Gasteiger partial charge in [0.1, 0.15) is 0 Å². The van der Waals surface area contributed by atoms with E-state index in [2.05, 4.69) is 0 Å². The Morgan fingerprint density at radius 3 is 2.65 bits per heavy atom. The van der Waals surface area contributed by atoms with Gasteiger partial charge in [-0.25, -0.2) is 0 Å². The number of hydrogen-bond donors (Lipinski definition) is 0. The Hall–Kier alpha value is -1.39. The minimum absolute atomic E-state index is 0.000991. The zero-order valence-electron chi connectivity index (χ0n) is 8.94. The number of allylic oxidation sites excluding steroid dienone is 1. The second-order valence-corrected chi connectivity index (χ2v) is 4.02. The fourth-order valence-electron chi connectivity index (χ4n) is 1.23. The molecule has 0 aliphatic carbocycles. The largest absolute Gasteiger partial charge is 0.295 e. The first-order valence-corrected chi connectivity index (χ1v) is 5.58. The highest BCUT2D eigenvalue weighted by Gasteiger charge is 2.13. The Balaban J connectivity index is 3.33. The van der Waals surface area contributed by atoms with Gasteiger partial charge in [-0.05, 0) is 25.1 Å². The summed E-state index contributed by atoms with van der Waals surface area (Å²) in [5.41, 5.74) is 0.462. The number of rotatable bonds is 4. The van der Waals surface area contributed by atoms with Crippen LogP contribution < -0.4 is 0 Å². The molecule has 0 fully saturated rings. The maximum atomic E-state index is 11.2. The molecule has 0 amide bonds.